The van der Waals surface area contributed by atoms with Crippen LogP contribution in [0, 0.1) is 41.5 Å². The van der Waals surface area contributed by atoms with Crippen LogP contribution in [0.4, 0.5) is 16.7 Å². The van der Waals surface area contributed by atoms with Gasteiger partial charge in [0.1, 0.15) is 29.0 Å². The maximum Gasteiger partial charge on any atom is 0.407 e. The highest BCUT2D eigenvalue weighted by Gasteiger charge is 2.33. The van der Waals surface area contributed by atoms with E-state index in [2.05, 4.69) is 87.9 Å². The van der Waals surface area contributed by atoms with Crippen LogP contribution in [0.2, 0.25) is 0 Å². The predicted molar refractivity (Wildman–Crippen MR) is 552 cm³/mol. The van der Waals surface area contributed by atoms with E-state index >= 15 is 0 Å². The van der Waals surface area contributed by atoms with E-state index in [-0.39, 0.29) is 221 Å². The lowest BCUT2D eigenvalue weighted by Gasteiger charge is -2.32. The fourth-order valence-electron chi connectivity index (χ4n) is 16.9. The number of amides is 10. The third-order valence-corrected chi connectivity index (χ3v) is 27.9. The number of H-pyrrole nitrogens is 2. The minimum absolute atomic E-state index is 0.00402. The Morgan fingerprint density at radius 1 is 0.427 bits per heavy atom. The lowest BCUT2D eigenvalue weighted by molar-refractivity contribution is -0.139. The molecule has 9 rings (SSSR count). The number of imidazole rings is 2. The van der Waals surface area contributed by atoms with Crippen LogP contribution in [0.1, 0.15) is 149 Å². The number of aryl methyl sites for hydroxylation is 8. The Morgan fingerprint density at radius 3 is 1.15 bits per heavy atom. The topological polar surface area (TPSA) is 677 Å². The van der Waals surface area contributed by atoms with Crippen LogP contribution in [0.3, 0.4) is 0 Å². The van der Waals surface area contributed by atoms with Crippen molar-refractivity contribution in [1.82, 2.24) is 106 Å². The van der Waals surface area contributed by atoms with Gasteiger partial charge in [-0.25, -0.2) is 31.6 Å². The monoisotopic (exact) mass is 2130 g/mol. The number of nitrogens with zero attached hydrogens (tertiary/aromatic N) is 8. The zero-order valence-corrected chi connectivity index (χ0v) is 86.8. The number of pyridine rings is 2. The second kappa shape index (κ2) is 59.6. The van der Waals surface area contributed by atoms with Gasteiger partial charge in [-0.15, -0.1) is 0 Å². The van der Waals surface area contributed by atoms with E-state index in [9.17, 15) is 114 Å². The van der Waals surface area contributed by atoms with Gasteiger partial charge in [0.2, 0.25) is 72.3 Å². The summed E-state index contributed by atoms with van der Waals surface area (Å²) in [4.78, 5) is 230. The van der Waals surface area contributed by atoms with Crippen molar-refractivity contribution in [2.45, 2.75) is 180 Å². The number of anilines is 2. The van der Waals surface area contributed by atoms with Crippen molar-refractivity contribution in [3.8, 4) is 0 Å². The lowest BCUT2D eigenvalue weighted by atomic mass is 10.1. The Balaban J connectivity index is 0.689. The van der Waals surface area contributed by atoms with Crippen molar-refractivity contribution in [1.29, 1.82) is 0 Å². The van der Waals surface area contributed by atoms with Crippen molar-refractivity contribution in [3.63, 3.8) is 0 Å². The number of ether oxygens (including phenoxy) is 2. The molecule has 1 saturated heterocycles. The molecule has 4 aromatic heterocycles. The smallest absolute Gasteiger partial charge is 0.407 e. The number of hydrogen-bond acceptors (Lipinski definition) is 29. The molecule has 19 N–H and O–H groups in total. The Bertz CT molecular complexity index is 6340. The maximum atomic E-state index is 14.1. The molecule has 10 amide bonds. The summed E-state index contributed by atoms with van der Waals surface area (Å²) >= 11 is 0. The molecule has 1 aliphatic heterocycles. The van der Waals surface area contributed by atoms with E-state index in [0.29, 0.717) is 83.8 Å². The molecule has 49 nitrogen and oxygen atoms in total. The van der Waals surface area contributed by atoms with E-state index in [0.717, 1.165) is 27.2 Å². The number of carbonyl (C=O) groups is 14. The molecule has 5 heterocycles. The second-order valence-electron chi connectivity index (χ2n) is 36.5. The van der Waals surface area contributed by atoms with Crippen LogP contribution in [0.5, 0.6) is 0 Å². The van der Waals surface area contributed by atoms with Crippen LogP contribution >= 0.6 is 0 Å². The molecule has 1 aliphatic rings. The third kappa shape index (κ3) is 39.2. The van der Waals surface area contributed by atoms with Crippen LogP contribution in [0.15, 0.2) is 117 Å². The molecule has 0 spiro atoms. The summed E-state index contributed by atoms with van der Waals surface area (Å²) in [6.45, 7) is 11.5. The Hall–Kier alpha value is -14.5. The summed E-state index contributed by atoms with van der Waals surface area (Å²) < 4.78 is 73.8. The first-order valence-electron chi connectivity index (χ1n) is 49.4. The van der Waals surface area contributed by atoms with Gasteiger partial charge in [-0.2, -0.15) is 9.44 Å². The standard InChI is InChI=1S/C99H137N23O26S2/c1-63-48-65(3)91(66(4)49-63)149(143,144)115-77(69(7)123)56-110-93(136)74-58-121(79-52-70(14-16-72(79)89(74)134)54-112-97-106-30-31-107-97)34-8-24-100-82(125)21-23-85(128)104-28-12-46-148-47-13-29-105-95(138)76(114-86(129)60-117-36-38-118(61-87(130)131)40-42-120(99(141)142)43-41-119(39-37-117)62-88(132)133)18-19-81(124)102-26-10-44-147-45-11-27-103-84(127)22-20-83(126)101-25-9-35-122-59-75(90(135)73-17-15-71(53-80(73)122)55-113-98-108-32-33-109-98)94(137)111-57-78(96(139)140)116-150(145,146)92-67(5)50-64(2)51-68(92)6/h14-17,30-33,48-53,58-59,76-78,115-116H,8-13,18-29,34-47,54-57,60-62H2,1-7H3,(H,100,125)(H,101,126)(H,102,124)(H,103,127)(H,104,128)(H,105,138)(H,110,136)(H,111,137)(H,114,129)(H,130,131)(H,132,133)(H,139,140)(H,141,142)(H2,106,107,112)(H2,108,109,113)/t76-,77-,78-/m0/s1. The molecule has 0 bridgehead atoms. The largest absolute Gasteiger partial charge is 0.480 e. The number of carboxylic acid groups (broad SMARTS) is 4. The highest BCUT2D eigenvalue weighted by Crippen LogP contribution is 2.26. The summed E-state index contributed by atoms with van der Waals surface area (Å²) in [5.41, 5.74) is 3.80. The minimum atomic E-state index is -4.40. The number of benzene rings is 4. The number of sulfonamides is 2. The van der Waals surface area contributed by atoms with E-state index in [1.54, 1.807) is 134 Å². The minimum Gasteiger partial charge on any atom is -0.480 e. The number of hydrogen-bond donors (Lipinski definition) is 19. The Morgan fingerprint density at radius 2 is 0.787 bits per heavy atom. The average molecular weight is 2130 g/mol. The van der Waals surface area contributed by atoms with Gasteiger partial charge in [0.15, 0.2) is 11.9 Å². The normalized spacial score (nSPS) is 13.6. The van der Waals surface area contributed by atoms with Gasteiger partial charge >= 0.3 is 24.0 Å². The van der Waals surface area contributed by atoms with Crippen molar-refractivity contribution < 1.29 is 114 Å². The van der Waals surface area contributed by atoms with E-state index in [1.165, 1.54) is 29.1 Å². The molecular formula is C99H137N23O26S2. The first-order valence-corrected chi connectivity index (χ1v) is 52.4. The molecule has 150 heavy (non-hydrogen) atoms. The quantitative estimate of drug-likeness (QED) is 0.0239. The van der Waals surface area contributed by atoms with Crippen LogP contribution in [-0.4, -0.2) is 338 Å². The fourth-order valence-corrected chi connectivity index (χ4v) is 20.3. The van der Waals surface area contributed by atoms with Gasteiger partial charge in [-0.05, 0) is 151 Å². The Kier molecular flexibility index (Phi) is 47.3. The van der Waals surface area contributed by atoms with Gasteiger partial charge in [-0.3, -0.25) is 86.6 Å². The molecule has 4 aromatic carbocycles. The van der Waals surface area contributed by atoms with E-state index < -0.39 is 158 Å². The number of ketones is 1. The van der Waals surface area contributed by atoms with Crippen molar-refractivity contribution in [2.75, 3.05) is 161 Å². The molecule has 3 atom stereocenters. The highest BCUT2D eigenvalue weighted by atomic mass is 32.2. The van der Waals surface area contributed by atoms with Gasteiger partial charge in [0.05, 0.1) is 46.5 Å². The second-order valence-corrected chi connectivity index (χ2v) is 39.8. The maximum absolute atomic E-state index is 14.1. The molecule has 0 unspecified atom stereocenters. The first-order chi connectivity index (χ1) is 71.5. The first kappa shape index (κ1) is 119. The van der Waals surface area contributed by atoms with Crippen molar-refractivity contribution in [2.24, 2.45) is 0 Å². The predicted octanol–water partition coefficient (Wildman–Crippen LogP) is 1.33. The number of rotatable bonds is 61. The van der Waals surface area contributed by atoms with Gasteiger partial charge < -0.3 is 112 Å². The third-order valence-electron chi connectivity index (χ3n) is 24.3. The summed E-state index contributed by atoms with van der Waals surface area (Å²) in [6.07, 6.45) is 8.86. The number of aromatic amines is 2. The van der Waals surface area contributed by atoms with E-state index in [4.69, 9.17) is 9.47 Å². The van der Waals surface area contributed by atoms with Gasteiger partial charge in [0.25, 0.3) is 11.8 Å². The Labute approximate surface area is 866 Å². The number of fused-ring (bicyclic) bond motifs is 2. The summed E-state index contributed by atoms with van der Waals surface area (Å²) in [6, 6.07) is 12.3. The number of carbonyl (C=O) groups excluding carboxylic acids is 10. The molecular weight excluding hydrogens is 1990 g/mol. The van der Waals surface area contributed by atoms with E-state index in [1.807, 2.05) is 6.92 Å². The molecule has 0 aliphatic carbocycles. The number of aromatic nitrogens is 6. The van der Waals surface area contributed by atoms with Crippen LogP contribution in [-0.2, 0) is 108 Å². The molecule has 8 aromatic rings. The number of aliphatic carboxylic acids is 3. The summed E-state index contributed by atoms with van der Waals surface area (Å²) in [7, 11) is -8.65. The average Bonchev–Trinajstić information content (AvgIpc) is 0.802. The van der Waals surface area contributed by atoms with Crippen LogP contribution in [0.25, 0.3) is 21.8 Å². The molecule has 0 saturated carbocycles. The fraction of sp³-hybridized carbons (Fsp3) is 0.495. The molecule has 816 valence electrons. The van der Waals surface area contributed by atoms with Crippen LogP contribution < -0.4 is 78.8 Å². The number of Topliss-reactive ketones (excluding diaryl/α,β-unsaturated/α-hetero) is 1. The SMILES string of the molecule is CC(=O)[C@H](CNC(=O)c1cn(CCCNC(=O)CCC(=O)NCCCOCCCNC(=O)[C@H](CCC(=O)NCCCOCCCNC(=O)CCC(=O)NCCCn2cc(C(=O)NC[C@H](NS(=O)(=O)c3c(C)cc(C)cc3C)C(=O)O)c(=O)c3ccc(CNc4ncc[nH]4)cc32)NC(=O)CN2CCN(CC(=O)O)CCN(C(=O)O)CCN(CC(=O)O)CC2)c2cc(CNc3ncc[nH]3)ccc2c1=O)NS(=O)(=O)c1c(C)cc(C)cc1C. The zero-order valence-electron chi connectivity index (χ0n) is 85.2. The number of carboxylic acids is 3. The molecule has 0 radical (unpaired) electrons. The van der Waals surface area contributed by atoms with Gasteiger partial charge in [0, 0.05) is 237 Å². The van der Waals surface area contributed by atoms with Crippen molar-refractivity contribution in [3.05, 3.63) is 174 Å². The summed E-state index contributed by atoms with van der Waals surface area (Å²) in [5.74, 6) is -8.75. The van der Waals surface area contributed by atoms with Crippen molar-refractivity contribution >= 4 is 137 Å². The van der Waals surface area contributed by atoms with Gasteiger partial charge in [-0.1, -0.05) is 47.5 Å². The zero-order chi connectivity index (χ0) is 109. The molecule has 1 fully saturated rings. The lowest BCUT2D eigenvalue weighted by Crippen LogP contribution is -2.52. The summed E-state index contributed by atoms with van der Waals surface area (Å²) in [5, 5.41) is 70.4. The number of nitrogens with one attached hydrogen (secondary N) is 15. The highest BCUT2D eigenvalue weighted by molar-refractivity contribution is 7.90. The molecule has 51 heteroatoms.